The Labute approximate surface area is 226 Å². The van der Waals surface area contributed by atoms with Gasteiger partial charge >= 0.3 is 0 Å². The van der Waals surface area contributed by atoms with Gasteiger partial charge in [0.25, 0.3) is 15.9 Å². The Bertz CT molecular complexity index is 1470. The maximum absolute atomic E-state index is 13.3. The Kier molecular flexibility index (Phi) is 6.34. The smallest absolute Gasteiger partial charge is 0.262 e. The molecular weight excluding hydrogens is 492 g/mol. The molecule has 5 nitrogen and oxygen atoms in total. The van der Waals surface area contributed by atoms with E-state index in [9.17, 15) is 13.2 Å². The molecule has 0 saturated heterocycles. The lowest BCUT2D eigenvalue weighted by Gasteiger charge is -2.54. The van der Waals surface area contributed by atoms with Crippen LogP contribution < -0.4 is 10.0 Å². The molecule has 198 valence electrons. The van der Waals surface area contributed by atoms with E-state index in [-0.39, 0.29) is 10.8 Å². The van der Waals surface area contributed by atoms with Gasteiger partial charge in [-0.1, -0.05) is 30.3 Å². The van der Waals surface area contributed by atoms with Crippen molar-refractivity contribution in [1.29, 1.82) is 0 Å². The average molecular weight is 529 g/mol. The van der Waals surface area contributed by atoms with Crippen LogP contribution in [0.1, 0.15) is 70.6 Å². The third-order valence-electron chi connectivity index (χ3n) is 9.16. The highest BCUT2D eigenvalue weighted by Crippen LogP contribution is 2.59. The van der Waals surface area contributed by atoms with E-state index in [2.05, 4.69) is 22.2 Å². The van der Waals surface area contributed by atoms with Crippen molar-refractivity contribution in [3.8, 4) is 0 Å². The lowest BCUT2D eigenvalue weighted by molar-refractivity contribution is -0.00277. The minimum atomic E-state index is -3.87. The van der Waals surface area contributed by atoms with Gasteiger partial charge in [0, 0.05) is 11.3 Å². The number of anilines is 2. The first-order valence-electron chi connectivity index (χ1n) is 13.8. The monoisotopic (exact) mass is 528 g/mol. The molecule has 0 radical (unpaired) electrons. The second kappa shape index (κ2) is 9.57. The largest absolute Gasteiger partial charge is 0.322 e. The van der Waals surface area contributed by atoms with Crippen LogP contribution in [0.5, 0.6) is 0 Å². The van der Waals surface area contributed by atoms with Gasteiger partial charge < -0.3 is 5.32 Å². The Balaban J connectivity index is 1.18. The van der Waals surface area contributed by atoms with Gasteiger partial charge in [0.05, 0.1) is 10.6 Å². The quantitative estimate of drug-likeness (QED) is 0.355. The predicted octanol–water partition coefficient (Wildman–Crippen LogP) is 7.20. The van der Waals surface area contributed by atoms with E-state index in [4.69, 9.17) is 0 Å². The van der Waals surface area contributed by atoms with Crippen LogP contribution in [0.3, 0.4) is 0 Å². The molecule has 3 aromatic rings. The zero-order valence-electron chi connectivity index (χ0n) is 22.3. The van der Waals surface area contributed by atoms with Crippen LogP contribution in [-0.4, -0.2) is 14.3 Å². The topological polar surface area (TPSA) is 75.3 Å². The van der Waals surface area contributed by atoms with E-state index in [1.165, 1.54) is 43.7 Å². The molecule has 0 aromatic heterocycles. The first-order chi connectivity index (χ1) is 18.2. The summed E-state index contributed by atoms with van der Waals surface area (Å²) in [7, 11) is -3.87. The molecule has 2 N–H and O–H groups in total. The summed E-state index contributed by atoms with van der Waals surface area (Å²) >= 11 is 0. The molecule has 0 aliphatic heterocycles. The Hall–Kier alpha value is -3.12. The number of benzene rings is 3. The number of aryl methyl sites for hydroxylation is 3. The van der Waals surface area contributed by atoms with Gasteiger partial charge in [0.15, 0.2) is 0 Å². The molecule has 0 spiro atoms. The Morgan fingerprint density at radius 1 is 0.763 bits per heavy atom. The summed E-state index contributed by atoms with van der Waals surface area (Å²) in [6.45, 7) is 5.52. The molecule has 3 aromatic carbocycles. The molecule has 4 aliphatic carbocycles. The van der Waals surface area contributed by atoms with E-state index in [1.54, 1.807) is 19.1 Å². The van der Waals surface area contributed by atoms with Gasteiger partial charge in [-0.05, 0) is 135 Å². The number of hydrogen-bond donors (Lipinski definition) is 2. The summed E-state index contributed by atoms with van der Waals surface area (Å²) in [4.78, 5) is 13.2. The van der Waals surface area contributed by atoms with Crippen LogP contribution in [-0.2, 0) is 10.0 Å². The number of hydrogen-bond acceptors (Lipinski definition) is 3. The van der Waals surface area contributed by atoms with Gasteiger partial charge in [-0.25, -0.2) is 8.42 Å². The minimum absolute atomic E-state index is 0.100. The van der Waals surface area contributed by atoms with Crippen molar-refractivity contribution >= 4 is 27.3 Å². The van der Waals surface area contributed by atoms with Gasteiger partial charge in [-0.3, -0.25) is 9.52 Å². The van der Waals surface area contributed by atoms with Crippen LogP contribution in [0.2, 0.25) is 0 Å². The number of sulfonamides is 1. The second-order valence-corrected chi connectivity index (χ2v) is 13.6. The van der Waals surface area contributed by atoms with Gasteiger partial charge in [-0.2, -0.15) is 0 Å². The summed E-state index contributed by atoms with van der Waals surface area (Å²) in [6.07, 6.45) is 6.98. The van der Waals surface area contributed by atoms with Crippen molar-refractivity contribution in [2.24, 2.45) is 23.7 Å². The van der Waals surface area contributed by atoms with Crippen molar-refractivity contribution in [3.63, 3.8) is 0 Å². The Morgan fingerprint density at radius 3 is 2.05 bits per heavy atom. The minimum Gasteiger partial charge on any atom is -0.322 e. The molecule has 1 amide bonds. The SMILES string of the molecule is Cc1ccc(C)c(NS(=O)(=O)c2cc(C(=O)Nc3ccc(C4C5CC6CC(C5)CC4C6)cc3)ccc2C)c1. The van der Waals surface area contributed by atoms with Crippen LogP contribution >= 0.6 is 0 Å². The fourth-order valence-electron chi connectivity index (χ4n) is 7.54. The van der Waals surface area contributed by atoms with Crippen molar-refractivity contribution in [1.82, 2.24) is 0 Å². The molecule has 4 aliphatic rings. The first kappa shape index (κ1) is 25.2. The van der Waals surface area contributed by atoms with E-state index in [0.717, 1.165) is 40.5 Å². The zero-order valence-corrected chi connectivity index (χ0v) is 23.1. The number of nitrogens with one attached hydrogen (secondary N) is 2. The Morgan fingerprint density at radius 2 is 1.39 bits per heavy atom. The summed E-state index contributed by atoms with van der Waals surface area (Å²) in [5.74, 6) is 3.87. The van der Waals surface area contributed by atoms with Crippen molar-refractivity contribution in [2.45, 2.75) is 63.7 Å². The van der Waals surface area contributed by atoms with Crippen LogP contribution in [0.25, 0.3) is 0 Å². The summed E-state index contributed by atoms with van der Waals surface area (Å²) < 4.78 is 29.2. The van der Waals surface area contributed by atoms with Gasteiger partial charge in [0.2, 0.25) is 0 Å². The van der Waals surface area contributed by atoms with Crippen LogP contribution in [0.15, 0.2) is 65.6 Å². The maximum atomic E-state index is 13.3. The van der Waals surface area contributed by atoms with E-state index in [0.29, 0.717) is 22.7 Å². The molecule has 4 saturated carbocycles. The van der Waals surface area contributed by atoms with E-state index in [1.807, 2.05) is 44.2 Å². The molecular formula is C32H36N2O3S. The highest BCUT2D eigenvalue weighted by molar-refractivity contribution is 7.92. The summed E-state index contributed by atoms with van der Waals surface area (Å²) in [5, 5.41) is 2.96. The average Bonchev–Trinajstić information content (AvgIpc) is 2.86. The third kappa shape index (κ3) is 4.75. The van der Waals surface area contributed by atoms with Crippen LogP contribution in [0.4, 0.5) is 11.4 Å². The number of amides is 1. The maximum Gasteiger partial charge on any atom is 0.262 e. The fourth-order valence-corrected chi connectivity index (χ4v) is 8.93. The molecule has 6 heteroatoms. The standard InChI is InChI=1S/C32H36N2O3S/c1-19-4-5-20(2)29(12-19)34-38(36,37)30-18-25(7-6-21(30)3)32(35)33-28-10-8-24(9-11-28)31-26-14-22-13-23(16-26)17-27(31)15-22/h4-12,18,22-23,26-27,31,34H,13-17H2,1-3H3,(H,33,35). The normalized spacial score (nSPS) is 25.8. The molecule has 0 heterocycles. The van der Waals surface area contributed by atoms with Crippen LogP contribution in [0, 0.1) is 44.4 Å². The van der Waals surface area contributed by atoms with E-state index < -0.39 is 10.0 Å². The van der Waals surface area contributed by atoms with Crippen molar-refractivity contribution in [3.05, 3.63) is 88.5 Å². The van der Waals surface area contributed by atoms with Crippen molar-refractivity contribution < 1.29 is 13.2 Å². The second-order valence-electron chi connectivity index (χ2n) is 11.9. The third-order valence-corrected chi connectivity index (χ3v) is 10.7. The molecule has 0 unspecified atom stereocenters. The highest BCUT2D eigenvalue weighted by atomic mass is 32.2. The van der Waals surface area contributed by atoms with E-state index >= 15 is 0 Å². The molecule has 0 atom stereocenters. The predicted molar refractivity (Wildman–Crippen MR) is 152 cm³/mol. The molecule has 4 bridgehead atoms. The fraction of sp³-hybridized carbons (Fsp3) is 0.406. The summed E-state index contributed by atoms with van der Waals surface area (Å²) in [5.41, 5.74) is 5.36. The first-order valence-corrected chi connectivity index (χ1v) is 15.3. The lowest BCUT2D eigenvalue weighted by Crippen LogP contribution is -2.43. The number of rotatable bonds is 6. The van der Waals surface area contributed by atoms with Gasteiger partial charge in [-0.15, -0.1) is 0 Å². The van der Waals surface area contributed by atoms with Crippen molar-refractivity contribution in [2.75, 3.05) is 10.0 Å². The lowest BCUT2D eigenvalue weighted by atomic mass is 9.51. The molecule has 4 fully saturated rings. The summed E-state index contributed by atoms with van der Waals surface area (Å²) in [6, 6.07) is 18.8. The molecule has 7 rings (SSSR count). The highest BCUT2D eigenvalue weighted by Gasteiger charge is 2.48. The number of carbonyl (C=O) groups is 1. The molecule has 38 heavy (non-hydrogen) atoms. The zero-order chi connectivity index (χ0) is 26.6. The van der Waals surface area contributed by atoms with Gasteiger partial charge in [0.1, 0.15) is 0 Å². The number of carbonyl (C=O) groups excluding carboxylic acids is 1.